The minimum absolute atomic E-state index is 0.367. The Morgan fingerprint density at radius 3 is 2.18 bits per heavy atom. The van der Waals surface area contributed by atoms with Crippen molar-refractivity contribution in [3.63, 3.8) is 0 Å². The summed E-state index contributed by atoms with van der Waals surface area (Å²) >= 11 is 0. The Morgan fingerprint density at radius 2 is 1.59 bits per heavy atom. The molecule has 0 saturated carbocycles. The Morgan fingerprint density at radius 1 is 0.941 bits per heavy atom. The molecule has 0 bridgehead atoms. The zero-order valence-electron chi connectivity index (χ0n) is 9.83. The van der Waals surface area contributed by atoms with E-state index in [1.54, 1.807) is 0 Å². The molecule has 0 atom stereocenters. The molecule has 0 unspecified atom stereocenters. The lowest BCUT2D eigenvalue weighted by Crippen LogP contribution is -2.23. The lowest BCUT2D eigenvalue weighted by molar-refractivity contribution is 0.952. The number of aryl methyl sites for hydroxylation is 2. The number of rotatable bonds is 2. The standard InChI is InChI=1S/C13H14N2O2/c1-8-3-9(2)5-10(4-8)6-11-7-12(16)15-13(17)14-11/h3-5,7H,6H2,1-2H3,(H2,14,15,16,17). The van der Waals surface area contributed by atoms with E-state index in [9.17, 15) is 9.59 Å². The van der Waals surface area contributed by atoms with Crippen LogP contribution in [-0.4, -0.2) is 9.97 Å². The van der Waals surface area contributed by atoms with Crippen molar-refractivity contribution in [2.45, 2.75) is 20.3 Å². The SMILES string of the molecule is Cc1cc(C)cc(Cc2cc(=O)[nH]c(=O)[nH]2)c1. The summed E-state index contributed by atoms with van der Waals surface area (Å²) in [5.41, 5.74) is 3.23. The summed E-state index contributed by atoms with van der Waals surface area (Å²) in [5.74, 6) is 0. The predicted molar refractivity (Wildman–Crippen MR) is 66.4 cm³/mol. The van der Waals surface area contributed by atoms with Crippen LogP contribution < -0.4 is 11.2 Å². The number of H-pyrrole nitrogens is 2. The summed E-state index contributed by atoms with van der Waals surface area (Å²) in [5, 5.41) is 0. The molecule has 17 heavy (non-hydrogen) atoms. The molecular formula is C13H14N2O2. The first kappa shape index (κ1) is 11.4. The Bertz CT molecular complexity index is 604. The maximum atomic E-state index is 11.2. The molecule has 0 saturated heterocycles. The normalized spacial score (nSPS) is 10.5. The first-order valence-electron chi connectivity index (χ1n) is 5.42. The number of hydrogen-bond donors (Lipinski definition) is 2. The molecule has 0 spiro atoms. The number of nitrogens with one attached hydrogen (secondary N) is 2. The van der Waals surface area contributed by atoms with Crippen LogP contribution in [0.5, 0.6) is 0 Å². The van der Waals surface area contributed by atoms with E-state index < -0.39 is 5.69 Å². The summed E-state index contributed by atoms with van der Waals surface area (Å²) in [6, 6.07) is 7.60. The smallest absolute Gasteiger partial charge is 0.311 e. The second-order valence-corrected chi connectivity index (χ2v) is 4.29. The summed E-state index contributed by atoms with van der Waals surface area (Å²) in [6.45, 7) is 4.05. The van der Waals surface area contributed by atoms with Crippen LogP contribution in [0.2, 0.25) is 0 Å². The highest BCUT2D eigenvalue weighted by Crippen LogP contribution is 2.11. The molecule has 0 aliphatic heterocycles. The van der Waals surface area contributed by atoms with E-state index in [0.29, 0.717) is 12.1 Å². The molecule has 2 aromatic rings. The molecule has 0 amide bonds. The van der Waals surface area contributed by atoms with Gasteiger partial charge in [-0.2, -0.15) is 0 Å². The fraction of sp³-hybridized carbons (Fsp3) is 0.231. The van der Waals surface area contributed by atoms with Crippen molar-refractivity contribution in [2.24, 2.45) is 0 Å². The van der Waals surface area contributed by atoms with Gasteiger partial charge < -0.3 is 4.98 Å². The van der Waals surface area contributed by atoms with Crippen LogP contribution in [0.1, 0.15) is 22.4 Å². The van der Waals surface area contributed by atoms with Gasteiger partial charge in [0.25, 0.3) is 5.56 Å². The Hall–Kier alpha value is -2.10. The van der Waals surface area contributed by atoms with Crippen molar-refractivity contribution < 1.29 is 0 Å². The van der Waals surface area contributed by atoms with Crippen molar-refractivity contribution in [1.29, 1.82) is 0 Å². The summed E-state index contributed by atoms with van der Waals surface area (Å²) in [4.78, 5) is 27.1. The van der Waals surface area contributed by atoms with Gasteiger partial charge in [0.1, 0.15) is 0 Å². The number of aromatic amines is 2. The zero-order chi connectivity index (χ0) is 12.4. The Labute approximate surface area is 98.3 Å². The monoisotopic (exact) mass is 230 g/mol. The van der Waals surface area contributed by atoms with Crippen LogP contribution in [0, 0.1) is 13.8 Å². The van der Waals surface area contributed by atoms with Gasteiger partial charge in [-0.1, -0.05) is 29.3 Å². The average molecular weight is 230 g/mol. The minimum Gasteiger partial charge on any atom is -0.311 e. The van der Waals surface area contributed by atoms with Crippen molar-refractivity contribution in [3.8, 4) is 0 Å². The number of aromatic nitrogens is 2. The number of benzene rings is 1. The van der Waals surface area contributed by atoms with Crippen LogP contribution in [0.15, 0.2) is 33.9 Å². The molecule has 1 aromatic heterocycles. The maximum absolute atomic E-state index is 11.2. The summed E-state index contributed by atoms with van der Waals surface area (Å²) in [6.07, 6.45) is 0.557. The third kappa shape index (κ3) is 2.93. The molecule has 88 valence electrons. The fourth-order valence-corrected chi connectivity index (χ4v) is 2.01. The van der Waals surface area contributed by atoms with Gasteiger partial charge >= 0.3 is 5.69 Å². The third-order valence-electron chi connectivity index (χ3n) is 2.49. The highest BCUT2D eigenvalue weighted by molar-refractivity contribution is 5.30. The molecular weight excluding hydrogens is 216 g/mol. The molecule has 2 rings (SSSR count). The second kappa shape index (κ2) is 4.41. The second-order valence-electron chi connectivity index (χ2n) is 4.29. The van der Waals surface area contributed by atoms with Crippen molar-refractivity contribution in [1.82, 2.24) is 9.97 Å². The van der Waals surface area contributed by atoms with E-state index in [-0.39, 0.29) is 5.56 Å². The lowest BCUT2D eigenvalue weighted by Gasteiger charge is -2.04. The topological polar surface area (TPSA) is 65.7 Å². The molecule has 2 N–H and O–H groups in total. The van der Waals surface area contributed by atoms with E-state index in [0.717, 1.165) is 5.56 Å². The summed E-state index contributed by atoms with van der Waals surface area (Å²) in [7, 11) is 0. The van der Waals surface area contributed by atoms with E-state index in [2.05, 4.69) is 16.0 Å². The minimum atomic E-state index is -0.461. The lowest BCUT2D eigenvalue weighted by atomic mass is 10.0. The van der Waals surface area contributed by atoms with Crippen LogP contribution in [-0.2, 0) is 6.42 Å². The van der Waals surface area contributed by atoms with Gasteiger partial charge in [-0.05, 0) is 19.4 Å². The molecule has 0 fully saturated rings. The van der Waals surface area contributed by atoms with Crippen LogP contribution >= 0.6 is 0 Å². The van der Waals surface area contributed by atoms with Gasteiger partial charge in [0.15, 0.2) is 0 Å². The van der Waals surface area contributed by atoms with Gasteiger partial charge in [0.05, 0.1) is 0 Å². The van der Waals surface area contributed by atoms with Crippen LogP contribution in [0.4, 0.5) is 0 Å². The molecule has 1 heterocycles. The van der Waals surface area contributed by atoms with E-state index in [4.69, 9.17) is 0 Å². The first-order chi connectivity index (χ1) is 8.02. The molecule has 0 radical (unpaired) electrons. The molecule has 1 aromatic carbocycles. The fourth-order valence-electron chi connectivity index (χ4n) is 2.01. The Balaban J connectivity index is 2.37. The molecule has 4 heteroatoms. The molecule has 4 nitrogen and oxygen atoms in total. The predicted octanol–water partition coefficient (Wildman–Crippen LogP) is 1.27. The quantitative estimate of drug-likeness (QED) is 0.816. The Kier molecular flexibility index (Phi) is 2.95. The van der Waals surface area contributed by atoms with Crippen molar-refractivity contribution in [2.75, 3.05) is 0 Å². The van der Waals surface area contributed by atoms with Gasteiger partial charge in [-0.3, -0.25) is 9.78 Å². The van der Waals surface area contributed by atoms with Crippen LogP contribution in [0.3, 0.4) is 0 Å². The first-order valence-corrected chi connectivity index (χ1v) is 5.42. The number of hydrogen-bond acceptors (Lipinski definition) is 2. The van der Waals surface area contributed by atoms with Crippen LogP contribution in [0.25, 0.3) is 0 Å². The van der Waals surface area contributed by atoms with Crippen molar-refractivity contribution >= 4 is 0 Å². The highest BCUT2D eigenvalue weighted by atomic mass is 16.2. The zero-order valence-corrected chi connectivity index (χ0v) is 9.83. The van der Waals surface area contributed by atoms with E-state index >= 15 is 0 Å². The van der Waals surface area contributed by atoms with Gasteiger partial charge in [-0.25, -0.2) is 4.79 Å². The average Bonchev–Trinajstić information content (AvgIpc) is 2.13. The molecule has 0 aliphatic carbocycles. The summed E-state index contributed by atoms with van der Waals surface area (Å²) < 4.78 is 0. The van der Waals surface area contributed by atoms with Crippen molar-refractivity contribution in [3.05, 3.63) is 67.5 Å². The van der Waals surface area contributed by atoms with E-state index in [1.807, 2.05) is 26.0 Å². The van der Waals surface area contributed by atoms with E-state index in [1.165, 1.54) is 17.2 Å². The van der Waals surface area contributed by atoms with Gasteiger partial charge in [0, 0.05) is 18.2 Å². The highest BCUT2D eigenvalue weighted by Gasteiger charge is 2.01. The van der Waals surface area contributed by atoms with Gasteiger partial charge in [-0.15, -0.1) is 0 Å². The third-order valence-corrected chi connectivity index (χ3v) is 2.49. The van der Waals surface area contributed by atoms with Gasteiger partial charge in [0.2, 0.25) is 0 Å². The maximum Gasteiger partial charge on any atom is 0.325 e. The molecule has 0 aliphatic rings. The largest absolute Gasteiger partial charge is 0.325 e.